The molecule has 4 nitrogen and oxygen atoms in total. The smallest absolute Gasteiger partial charge is 0.223 e. The zero-order chi connectivity index (χ0) is 14.9. The van der Waals surface area contributed by atoms with E-state index in [0.29, 0.717) is 25.3 Å². The van der Waals surface area contributed by atoms with E-state index in [-0.39, 0.29) is 11.8 Å². The molecule has 21 heavy (non-hydrogen) atoms. The van der Waals surface area contributed by atoms with Crippen molar-refractivity contribution in [1.82, 2.24) is 5.32 Å². The molecule has 2 saturated carbocycles. The minimum Gasteiger partial charge on any atom is -0.376 e. The summed E-state index contributed by atoms with van der Waals surface area (Å²) in [5.41, 5.74) is 5.89. The van der Waals surface area contributed by atoms with Crippen LogP contribution in [0, 0.1) is 5.92 Å². The molecule has 2 aliphatic carbocycles. The van der Waals surface area contributed by atoms with Gasteiger partial charge in [0.15, 0.2) is 0 Å². The number of nitrogens with two attached hydrogens (primary N) is 1. The second-order valence-corrected chi connectivity index (χ2v) is 6.74. The molecule has 3 N–H and O–H groups in total. The molecule has 0 aromatic heterocycles. The Balaban J connectivity index is 1.55. The van der Waals surface area contributed by atoms with Crippen LogP contribution in [-0.4, -0.2) is 31.2 Å². The van der Waals surface area contributed by atoms with Gasteiger partial charge in [0.05, 0.1) is 12.7 Å². The number of amides is 1. The Kier molecular flexibility index (Phi) is 7.51. The van der Waals surface area contributed by atoms with E-state index in [1.165, 1.54) is 32.1 Å². The highest BCUT2D eigenvalue weighted by Gasteiger charge is 2.20. The number of carbonyl (C=O) groups excluding carboxylic acids is 1. The van der Waals surface area contributed by atoms with Crippen molar-refractivity contribution in [3.05, 3.63) is 0 Å². The third kappa shape index (κ3) is 6.35. The average Bonchev–Trinajstić information content (AvgIpc) is 2.45. The molecule has 0 spiro atoms. The number of hydrogen-bond acceptors (Lipinski definition) is 3. The molecule has 0 saturated heterocycles. The van der Waals surface area contributed by atoms with Crippen molar-refractivity contribution in [3.63, 3.8) is 0 Å². The summed E-state index contributed by atoms with van der Waals surface area (Å²) in [5.74, 6) is 0.476. The molecule has 0 bridgehead atoms. The van der Waals surface area contributed by atoms with Gasteiger partial charge < -0.3 is 15.8 Å². The van der Waals surface area contributed by atoms with Crippen molar-refractivity contribution < 1.29 is 9.53 Å². The van der Waals surface area contributed by atoms with E-state index in [1.807, 2.05) is 0 Å². The Bertz CT molecular complexity index is 293. The van der Waals surface area contributed by atoms with Gasteiger partial charge in [0.2, 0.25) is 5.91 Å². The summed E-state index contributed by atoms with van der Waals surface area (Å²) in [7, 11) is 0. The van der Waals surface area contributed by atoms with Crippen LogP contribution in [0.5, 0.6) is 0 Å². The van der Waals surface area contributed by atoms with Crippen LogP contribution in [0.3, 0.4) is 0 Å². The SMILES string of the molecule is NC1CCC(OCCNC(=O)C2CCCCCCC2)CC1. The molecular formula is C17H32N2O2. The van der Waals surface area contributed by atoms with E-state index in [9.17, 15) is 4.79 Å². The third-order valence-electron chi connectivity index (χ3n) is 4.95. The molecular weight excluding hydrogens is 264 g/mol. The van der Waals surface area contributed by atoms with Crippen molar-refractivity contribution in [2.24, 2.45) is 11.7 Å². The van der Waals surface area contributed by atoms with Crippen LogP contribution in [0.15, 0.2) is 0 Å². The fraction of sp³-hybridized carbons (Fsp3) is 0.941. The Hall–Kier alpha value is -0.610. The molecule has 2 rings (SSSR count). The molecule has 0 aromatic carbocycles. The van der Waals surface area contributed by atoms with Gasteiger partial charge in [0, 0.05) is 18.5 Å². The highest BCUT2D eigenvalue weighted by atomic mass is 16.5. The summed E-state index contributed by atoms with van der Waals surface area (Å²) in [5, 5.41) is 3.06. The van der Waals surface area contributed by atoms with Crippen molar-refractivity contribution in [1.29, 1.82) is 0 Å². The predicted molar refractivity (Wildman–Crippen MR) is 85.0 cm³/mol. The molecule has 0 unspecified atom stereocenters. The lowest BCUT2D eigenvalue weighted by atomic mass is 9.90. The summed E-state index contributed by atoms with van der Waals surface area (Å²) < 4.78 is 5.84. The Labute approximate surface area is 129 Å². The minimum atomic E-state index is 0.234. The van der Waals surface area contributed by atoms with Crippen molar-refractivity contribution in [2.75, 3.05) is 13.2 Å². The topological polar surface area (TPSA) is 64.3 Å². The van der Waals surface area contributed by atoms with Gasteiger partial charge in [-0.1, -0.05) is 32.1 Å². The van der Waals surface area contributed by atoms with Gasteiger partial charge in [-0.25, -0.2) is 0 Å². The second kappa shape index (κ2) is 9.42. The van der Waals surface area contributed by atoms with E-state index >= 15 is 0 Å². The quantitative estimate of drug-likeness (QED) is 0.767. The van der Waals surface area contributed by atoms with Gasteiger partial charge in [0.1, 0.15) is 0 Å². The maximum Gasteiger partial charge on any atom is 0.223 e. The van der Waals surface area contributed by atoms with Crippen molar-refractivity contribution in [3.8, 4) is 0 Å². The van der Waals surface area contributed by atoms with Crippen LogP contribution in [-0.2, 0) is 9.53 Å². The fourth-order valence-corrected chi connectivity index (χ4v) is 3.52. The van der Waals surface area contributed by atoms with E-state index in [1.54, 1.807) is 0 Å². The third-order valence-corrected chi connectivity index (χ3v) is 4.95. The number of carbonyl (C=O) groups is 1. The zero-order valence-electron chi connectivity index (χ0n) is 13.3. The Morgan fingerprint density at radius 1 is 0.952 bits per heavy atom. The monoisotopic (exact) mass is 296 g/mol. The van der Waals surface area contributed by atoms with Gasteiger partial charge in [-0.05, 0) is 38.5 Å². The van der Waals surface area contributed by atoms with Gasteiger partial charge in [-0.3, -0.25) is 4.79 Å². The van der Waals surface area contributed by atoms with Gasteiger partial charge in [0.25, 0.3) is 0 Å². The van der Waals surface area contributed by atoms with Crippen LogP contribution in [0.2, 0.25) is 0 Å². The largest absolute Gasteiger partial charge is 0.376 e. The van der Waals surface area contributed by atoms with Crippen LogP contribution in [0.4, 0.5) is 0 Å². The van der Waals surface area contributed by atoms with Crippen molar-refractivity contribution >= 4 is 5.91 Å². The zero-order valence-corrected chi connectivity index (χ0v) is 13.3. The van der Waals surface area contributed by atoms with Gasteiger partial charge in [-0.15, -0.1) is 0 Å². The first-order chi connectivity index (χ1) is 10.3. The minimum absolute atomic E-state index is 0.234. The molecule has 122 valence electrons. The molecule has 0 aliphatic heterocycles. The summed E-state index contributed by atoms with van der Waals surface area (Å²) in [6, 6.07) is 0.365. The molecule has 2 fully saturated rings. The maximum atomic E-state index is 12.2. The number of hydrogen-bond donors (Lipinski definition) is 2. The molecule has 0 heterocycles. The maximum absolute atomic E-state index is 12.2. The molecule has 1 amide bonds. The summed E-state index contributed by atoms with van der Waals surface area (Å²) in [4.78, 5) is 12.2. The highest BCUT2D eigenvalue weighted by Crippen LogP contribution is 2.22. The summed E-state index contributed by atoms with van der Waals surface area (Å²) in [6.45, 7) is 1.29. The normalized spacial score (nSPS) is 28.6. The first-order valence-corrected chi connectivity index (χ1v) is 8.90. The lowest BCUT2D eigenvalue weighted by Crippen LogP contribution is -2.35. The molecule has 4 heteroatoms. The summed E-state index contributed by atoms with van der Waals surface area (Å²) in [6.07, 6.45) is 13.1. The van der Waals surface area contributed by atoms with Crippen LogP contribution in [0.25, 0.3) is 0 Å². The fourth-order valence-electron chi connectivity index (χ4n) is 3.52. The standard InChI is InChI=1S/C17H32N2O2/c18-15-8-10-16(11-9-15)21-13-12-19-17(20)14-6-4-2-1-3-5-7-14/h14-16H,1-13,18H2,(H,19,20). The molecule has 0 radical (unpaired) electrons. The molecule has 2 aliphatic rings. The Morgan fingerprint density at radius 2 is 1.57 bits per heavy atom. The second-order valence-electron chi connectivity index (χ2n) is 6.74. The number of ether oxygens (including phenoxy) is 1. The van der Waals surface area contributed by atoms with Crippen molar-refractivity contribution in [2.45, 2.75) is 82.8 Å². The highest BCUT2D eigenvalue weighted by molar-refractivity contribution is 5.78. The van der Waals surface area contributed by atoms with E-state index < -0.39 is 0 Å². The molecule has 0 atom stereocenters. The van der Waals surface area contributed by atoms with Crippen LogP contribution < -0.4 is 11.1 Å². The lowest BCUT2D eigenvalue weighted by Gasteiger charge is -2.26. The number of rotatable bonds is 5. The van der Waals surface area contributed by atoms with Crippen LogP contribution >= 0.6 is 0 Å². The van der Waals surface area contributed by atoms with Crippen LogP contribution in [0.1, 0.15) is 70.6 Å². The van der Waals surface area contributed by atoms with Gasteiger partial charge in [-0.2, -0.15) is 0 Å². The first kappa shape index (κ1) is 16.8. The average molecular weight is 296 g/mol. The summed E-state index contributed by atoms with van der Waals surface area (Å²) >= 11 is 0. The van der Waals surface area contributed by atoms with Gasteiger partial charge >= 0.3 is 0 Å². The van der Waals surface area contributed by atoms with E-state index in [2.05, 4.69) is 5.32 Å². The predicted octanol–water partition coefficient (Wildman–Crippen LogP) is 2.75. The Morgan fingerprint density at radius 3 is 2.24 bits per heavy atom. The molecule has 0 aromatic rings. The first-order valence-electron chi connectivity index (χ1n) is 8.90. The number of nitrogens with one attached hydrogen (secondary N) is 1. The lowest BCUT2D eigenvalue weighted by molar-refractivity contribution is -0.126. The van der Waals surface area contributed by atoms with E-state index in [0.717, 1.165) is 38.5 Å². The van der Waals surface area contributed by atoms with E-state index in [4.69, 9.17) is 10.5 Å².